The highest BCUT2D eigenvalue weighted by Gasteiger charge is 2.37. The van der Waals surface area contributed by atoms with Crippen molar-refractivity contribution in [3.05, 3.63) is 48.3 Å². The van der Waals surface area contributed by atoms with Gasteiger partial charge in [0, 0.05) is 19.4 Å². The molecule has 0 aliphatic carbocycles. The molecular formula is C18H21F2N3O4S. The lowest BCUT2D eigenvalue weighted by Crippen LogP contribution is -2.43. The number of hydrogen-bond donors (Lipinski definition) is 1. The van der Waals surface area contributed by atoms with E-state index in [4.69, 9.17) is 14.2 Å². The summed E-state index contributed by atoms with van der Waals surface area (Å²) in [5, 5.41) is 0.814. The number of para-hydroxylation sites is 2. The van der Waals surface area contributed by atoms with Crippen molar-refractivity contribution in [2.45, 2.75) is 23.1 Å². The standard InChI is InChI=1S/C18H17F2N3O3S.H2O.H2/c19-18(20)10-25-16(26-11-18)8-24-13-5-6-21-12(7-13)9-27-17-22-14-3-1-2-4-15(14)23-17;;/h1-7,16H,8-11H2,(H,22,23);1H2;1H. The number of hydrogen-bond acceptors (Lipinski definition) is 6. The summed E-state index contributed by atoms with van der Waals surface area (Å²) in [5.74, 6) is -1.75. The number of H-pyrrole nitrogens is 1. The highest BCUT2D eigenvalue weighted by atomic mass is 32.2. The van der Waals surface area contributed by atoms with Crippen LogP contribution in [0.2, 0.25) is 0 Å². The number of rotatable bonds is 6. The third kappa shape index (κ3) is 5.16. The number of fused-ring (bicyclic) bond motifs is 1. The number of nitrogens with zero attached hydrogens (tertiary/aromatic N) is 2. The highest BCUT2D eigenvalue weighted by molar-refractivity contribution is 7.98. The maximum absolute atomic E-state index is 13.0. The number of halogens is 2. The van der Waals surface area contributed by atoms with Gasteiger partial charge >= 0.3 is 0 Å². The van der Waals surface area contributed by atoms with E-state index in [2.05, 4.69) is 15.0 Å². The number of pyridine rings is 1. The summed E-state index contributed by atoms with van der Waals surface area (Å²) < 4.78 is 41.4. The summed E-state index contributed by atoms with van der Waals surface area (Å²) in [7, 11) is 0. The average Bonchev–Trinajstić information content (AvgIpc) is 3.09. The van der Waals surface area contributed by atoms with Gasteiger partial charge in [-0.2, -0.15) is 0 Å². The maximum atomic E-state index is 13.0. The molecule has 0 radical (unpaired) electrons. The van der Waals surface area contributed by atoms with Crippen LogP contribution in [-0.4, -0.2) is 52.5 Å². The SMILES string of the molecule is FC1(F)COC(COc2ccnc(CSc3nc4ccccc4[nH]3)c2)OC1.O.[HH]. The molecule has 10 heteroatoms. The zero-order valence-corrected chi connectivity index (χ0v) is 15.5. The molecule has 3 heterocycles. The number of nitrogens with one attached hydrogen (secondary N) is 1. The van der Waals surface area contributed by atoms with Gasteiger partial charge in [0.15, 0.2) is 11.4 Å². The largest absolute Gasteiger partial charge is 0.488 e. The van der Waals surface area contributed by atoms with Crippen molar-refractivity contribution in [3.8, 4) is 5.75 Å². The van der Waals surface area contributed by atoms with Crippen LogP contribution in [0.5, 0.6) is 5.75 Å². The van der Waals surface area contributed by atoms with Crippen molar-refractivity contribution >= 4 is 22.8 Å². The number of thioether (sulfide) groups is 1. The summed E-state index contributed by atoms with van der Waals surface area (Å²) in [5.41, 5.74) is 2.72. The molecule has 1 fully saturated rings. The van der Waals surface area contributed by atoms with Crippen molar-refractivity contribution in [1.29, 1.82) is 0 Å². The van der Waals surface area contributed by atoms with E-state index in [1.165, 1.54) is 11.8 Å². The van der Waals surface area contributed by atoms with Crippen molar-refractivity contribution in [3.63, 3.8) is 0 Å². The molecule has 28 heavy (non-hydrogen) atoms. The molecule has 2 aromatic heterocycles. The van der Waals surface area contributed by atoms with Gasteiger partial charge in [-0.3, -0.25) is 4.98 Å². The Morgan fingerprint density at radius 2 is 2.04 bits per heavy atom. The minimum Gasteiger partial charge on any atom is -0.488 e. The van der Waals surface area contributed by atoms with Crippen molar-refractivity contribution in [2.24, 2.45) is 0 Å². The van der Waals surface area contributed by atoms with Crippen LogP contribution < -0.4 is 4.74 Å². The fraction of sp³-hybridized carbons (Fsp3) is 0.333. The Labute approximate surface area is 165 Å². The second kappa shape index (κ2) is 8.82. The molecule has 0 unspecified atom stereocenters. The van der Waals surface area contributed by atoms with Crippen LogP contribution in [0, 0.1) is 0 Å². The molecule has 4 rings (SSSR count). The molecule has 0 spiro atoms. The molecule has 3 N–H and O–H groups in total. The molecule has 0 atom stereocenters. The van der Waals surface area contributed by atoms with Crippen LogP contribution in [0.25, 0.3) is 11.0 Å². The van der Waals surface area contributed by atoms with Gasteiger partial charge in [-0.25, -0.2) is 13.8 Å². The monoisotopic (exact) mass is 413 g/mol. The fourth-order valence-corrected chi connectivity index (χ4v) is 3.33. The van der Waals surface area contributed by atoms with Gasteiger partial charge in [0.05, 0.1) is 16.7 Å². The van der Waals surface area contributed by atoms with Gasteiger partial charge in [-0.15, -0.1) is 0 Å². The number of benzene rings is 1. The second-order valence-electron chi connectivity index (χ2n) is 6.05. The van der Waals surface area contributed by atoms with E-state index in [0.29, 0.717) is 11.5 Å². The van der Waals surface area contributed by atoms with E-state index in [0.717, 1.165) is 21.9 Å². The lowest BCUT2D eigenvalue weighted by Gasteiger charge is -2.28. The minimum atomic E-state index is -2.94. The van der Waals surface area contributed by atoms with Gasteiger partial charge in [0.1, 0.15) is 25.6 Å². The molecule has 0 saturated carbocycles. The Balaban J connectivity index is 0.00000150. The summed E-state index contributed by atoms with van der Waals surface area (Å²) >= 11 is 1.54. The van der Waals surface area contributed by atoms with Crippen LogP contribution in [-0.2, 0) is 15.2 Å². The third-order valence-electron chi connectivity index (χ3n) is 3.86. The average molecular weight is 413 g/mol. The predicted molar refractivity (Wildman–Crippen MR) is 102 cm³/mol. The number of alkyl halides is 2. The lowest BCUT2D eigenvalue weighted by atomic mass is 10.3. The van der Waals surface area contributed by atoms with Crippen LogP contribution in [0.4, 0.5) is 8.78 Å². The molecule has 0 bridgehead atoms. The molecule has 1 aliphatic rings. The van der Waals surface area contributed by atoms with E-state index in [1.807, 2.05) is 24.3 Å². The molecule has 1 aliphatic heterocycles. The van der Waals surface area contributed by atoms with Crippen LogP contribution >= 0.6 is 11.8 Å². The number of imidazole rings is 1. The number of ether oxygens (including phenoxy) is 3. The van der Waals surface area contributed by atoms with Crippen molar-refractivity contribution in [1.82, 2.24) is 15.0 Å². The van der Waals surface area contributed by atoms with Crippen LogP contribution in [0.15, 0.2) is 47.8 Å². The zero-order valence-electron chi connectivity index (χ0n) is 14.7. The minimum absolute atomic E-state index is 0. The topological polar surface area (TPSA) is 101 Å². The van der Waals surface area contributed by atoms with Crippen LogP contribution in [0.1, 0.15) is 7.12 Å². The fourth-order valence-electron chi connectivity index (χ4n) is 2.54. The quantitative estimate of drug-likeness (QED) is 0.624. The molecule has 1 aromatic carbocycles. The van der Waals surface area contributed by atoms with E-state index in [-0.39, 0.29) is 13.5 Å². The number of aromatic amines is 1. The molecule has 3 aromatic rings. The van der Waals surface area contributed by atoms with E-state index in [9.17, 15) is 8.78 Å². The van der Waals surface area contributed by atoms with Crippen LogP contribution in [0.3, 0.4) is 0 Å². The first-order chi connectivity index (χ1) is 13.1. The summed E-state index contributed by atoms with van der Waals surface area (Å²) in [6.07, 6.45) is 0.840. The second-order valence-corrected chi connectivity index (χ2v) is 7.01. The summed E-state index contributed by atoms with van der Waals surface area (Å²) in [4.78, 5) is 12.1. The smallest absolute Gasteiger partial charge is 0.293 e. The zero-order chi connectivity index (χ0) is 18.7. The first-order valence-electron chi connectivity index (χ1n) is 8.34. The Morgan fingerprint density at radius 1 is 1.25 bits per heavy atom. The van der Waals surface area contributed by atoms with E-state index < -0.39 is 25.4 Å². The van der Waals surface area contributed by atoms with Crippen molar-refractivity contribution in [2.75, 3.05) is 19.8 Å². The van der Waals surface area contributed by atoms with Gasteiger partial charge in [-0.1, -0.05) is 23.9 Å². The predicted octanol–water partition coefficient (Wildman–Crippen LogP) is 3.06. The molecule has 1 saturated heterocycles. The molecule has 7 nitrogen and oxygen atoms in total. The van der Waals surface area contributed by atoms with Gasteiger partial charge in [0.2, 0.25) is 0 Å². The number of aromatic nitrogens is 3. The first kappa shape index (κ1) is 20.5. The van der Waals surface area contributed by atoms with Gasteiger partial charge in [0.25, 0.3) is 5.92 Å². The normalized spacial score (nSPS) is 16.6. The maximum Gasteiger partial charge on any atom is 0.293 e. The third-order valence-corrected chi connectivity index (χ3v) is 4.77. The first-order valence-corrected chi connectivity index (χ1v) is 9.32. The molecule has 0 amide bonds. The van der Waals surface area contributed by atoms with Gasteiger partial charge < -0.3 is 24.7 Å². The molecule has 152 valence electrons. The Hall–Kier alpha value is -2.27. The lowest BCUT2D eigenvalue weighted by molar-refractivity contribution is -0.273. The van der Waals surface area contributed by atoms with Gasteiger partial charge in [-0.05, 0) is 18.2 Å². The summed E-state index contributed by atoms with van der Waals surface area (Å²) in [6, 6.07) is 11.3. The van der Waals surface area contributed by atoms with Crippen molar-refractivity contribution < 1.29 is 29.9 Å². The Morgan fingerprint density at radius 3 is 2.82 bits per heavy atom. The Kier molecular flexibility index (Phi) is 6.45. The highest BCUT2D eigenvalue weighted by Crippen LogP contribution is 2.25. The Bertz CT molecular complexity index is 888. The summed E-state index contributed by atoms with van der Waals surface area (Å²) in [6.45, 7) is -1.27. The molecular weight excluding hydrogens is 392 g/mol. The van der Waals surface area contributed by atoms with E-state index >= 15 is 0 Å². The van der Waals surface area contributed by atoms with E-state index in [1.54, 1.807) is 18.3 Å².